The van der Waals surface area contributed by atoms with Gasteiger partial charge in [-0.2, -0.15) is 0 Å². The zero-order valence-electron chi connectivity index (χ0n) is 6.63. The van der Waals surface area contributed by atoms with E-state index in [1.54, 1.807) is 0 Å². The minimum Gasteiger partial charge on any atom is -0.478 e. The maximum absolute atomic E-state index is 10.8. The summed E-state index contributed by atoms with van der Waals surface area (Å²) in [6.45, 7) is 1.82. The average molecular weight is 167 g/mol. The van der Waals surface area contributed by atoms with Crippen molar-refractivity contribution in [2.45, 2.75) is 6.92 Å². The lowest BCUT2D eigenvalue weighted by Gasteiger charge is -2.10. The first-order valence-corrected chi connectivity index (χ1v) is 3.49. The normalized spacial score (nSPS) is 15.8. The van der Waals surface area contributed by atoms with Crippen LogP contribution in [0.1, 0.15) is 6.92 Å². The Labute approximate surface area is 69.6 Å². The lowest BCUT2D eigenvalue weighted by Crippen LogP contribution is -2.21. The summed E-state index contributed by atoms with van der Waals surface area (Å²) in [6.07, 6.45) is 2.77. The minimum absolute atomic E-state index is 0.102. The molecule has 4 heteroatoms. The molecule has 0 spiro atoms. The van der Waals surface area contributed by atoms with E-state index < -0.39 is 5.97 Å². The first-order valence-electron chi connectivity index (χ1n) is 3.49. The van der Waals surface area contributed by atoms with E-state index in [0.29, 0.717) is 12.1 Å². The largest absolute Gasteiger partial charge is 0.478 e. The predicted octanol–water partition coefficient (Wildman–Crippen LogP) is 0.0735. The van der Waals surface area contributed by atoms with Gasteiger partial charge in [-0.1, -0.05) is 0 Å². The highest BCUT2D eigenvalue weighted by molar-refractivity contribution is 5.98. The van der Waals surface area contributed by atoms with Crippen LogP contribution in [0.2, 0.25) is 0 Å². The predicted molar refractivity (Wildman–Crippen MR) is 42.5 cm³/mol. The Morgan fingerprint density at radius 1 is 1.58 bits per heavy atom. The number of ketones is 1. The first-order chi connectivity index (χ1) is 5.61. The summed E-state index contributed by atoms with van der Waals surface area (Å²) in [7, 11) is 0. The topological polar surface area (TPSA) is 66.4 Å². The maximum Gasteiger partial charge on any atom is 0.337 e. The molecule has 0 aromatic rings. The van der Waals surface area contributed by atoms with Crippen molar-refractivity contribution in [1.29, 1.82) is 0 Å². The molecule has 0 saturated heterocycles. The van der Waals surface area contributed by atoms with Crippen molar-refractivity contribution < 1.29 is 14.7 Å². The second-order valence-corrected chi connectivity index (χ2v) is 2.51. The zero-order valence-corrected chi connectivity index (χ0v) is 6.63. The summed E-state index contributed by atoms with van der Waals surface area (Å²) >= 11 is 0. The highest BCUT2D eigenvalue weighted by Crippen LogP contribution is 2.07. The Morgan fingerprint density at radius 2 is 2.25 bits per heavy atom. The van der Waals surface area contributed by atoms with Crippen LogP contribution in [0.25, 0.3) is 0 Å². The number of aliphatic carboxylic acids is 1. The maximum atomic E-state index is 10.8. The number of Topliss-reactive ketones (excluding diaryl/α,β-unsaturated/α-hetero) is 1. The Hall–Kier alpha value is -1.58. The van der Waals surface area contributed by atoms with Crippen LogP contribution in [0.15, 0.2) is 23.4 Å². The van der Waals surface area contributed by atoms with Crippen LogP contribution >= 0.6 is 0 Å². The van der Waals surface area contributed by atoms with Gasteiger partial charge in [0.2, 0.25) is 0 Å². The van der Waals surface area contributed by atoms with Crippen LogP contribution in [0, 0.1) is 0 Å². The van der Waals surface area contributed by atoms with Crippen LogP contribution in [0.3, 0.4) is 0 Å². The molecular weight excluding hydrogens is 158 g/mol. The van der Waals surface area contributed by atoms with E-state index in [1.165, 1.54) is 19.2 Å². The molecule has 64 valence electrons. The molecule has 0 aromatic carbocycles. The molecule has 0 unspecified atom stereocenters. The number of carbonyl (C=O) groups excluding carboxylic acids is 1. The van der Waals surface area contributed by atoms with Crippen LogP contribution in [-0.4, -0.2) is 23.4 Å². The molecule has 0 radical (unpaired) electrons. The van der Waals surface area contributed by atoms with Gasteiger partial charge in [-0.25, -0.2) is 4.79 Å². The summed E-state index contributed by atoms with van der Waals surface area (Å²) in [5.41, 5.74) is 0.612. The third-order valence-corrected chi connectivity index (χ3v) is 1.58. The Balaban J connectivity index is 2.88. The summed E-state index contributed by atoms with van der Waals surface area (Å²) in [6, 6.07) is 0. The zero-order chi connectivity index (χ0) is 9.14. The minimum atomic E-state index is -1.03. The molecule has 2 N–H and O–H groups in total. The van der Waals surface area contributed by atoms with Crippen molar-refractivity contribution in [2.75, 3.05) is 6.54 Å². The highest BCUT2D eigenvalue weighted by Gasteiger charge is 2.12. The number of rotatable bonds is 2. The molecule has 1 aliphatic heterocycles. The number of carbonyl (C=O) groups is 2. The highest BCUT2D eigenvalue weighted by atomic mass is 16.4. The van der Waals surface area contributed by atoms with Gasteiger partial charge in [-0.05, 0) is 13.0 Å². The molecule has 0 bridgehead atoms. The summed E-state index contributed by atoms with van der Waals surface area (Å²) in [5, 5.41) is 11.3. The fourth-order valence-corrected chi connectivity index (χ4v) is 0.901. The fraction of sp³-hybridized carbons (Fsp3) is 0.250. The molecule has 4 nitrogen and oxygen atoms in total. The van der Waals surface area contributed by atoms with Gasteiger partial charge in [0.05, 0.1) is 5.57 Å². The molecule has 0 aliphatic carbocycles. The average Bonchev–Trinajstić information content (AvgIpc) is 2.04. The molecule has 12 heavy (non-hydrogen) atoms. The van der Waals surface area contributed by atoms with E-state index in [2.05, 4.69) is 5.32 Å². The third-order valence-electron chi connectivity index (χ3n) is 1.58. The van der Waals surface area contributed by atoms with Crippen molar-refractivity contribution in [3.8, 4) is 0 Å². The van der Waals surface area contributed by atoms with E-state index >= 15 is 0 Å². The number of carboxylic acids is 1. The smallest absolute Gasteiger partial charge is 0.337 e. The molecule has 0 fully saturated rings. The SMILES string of the molecule is CC(=O)C1=CC(C(=O)O)=CNC1. The van der Waals surface area contributed by atoms with Gasteiger partial charge in [0, 0.05) is 18.3 Å². The number of carboxylic acid groups (broad SMARTS) is 1. The van der Waals surface area contributed by atoms with Crippen molar-refractivity contribution in [1.82, 2.24) is 5.32 Å². The van der Waals surface area contributed by atoms with Gasteiger partial charge < -0.3 is 10.4 Å². The number of hydrogen-bond acceptors (Lipinski definition) is 3. The monoisotopic (exact) mass is 167 g/mol. The molecule has 0 amide bonds. The second-order valence-electron chi connectivity index (χ2n) is 2.51. The van der Waals surface area contributed by atoms with E-state index in [-0.39, 0.29) is 11.4 Å². The fourth-order valence-electron chi connectivity index (χ4n) is 0.901. The van der Waals surface area contributed by atoms with Crippen LogP contribution in [-0.2, 0) is 9.59 Å². The molecule has 1 rings (SSSR count). The lowest BCUT2D eigenvalue weighted by atomic mass is 10.1. The van der Waals surface area contributed by atoms with Crippen molar-refractivity contribution >= 4 is 11.8 Å². The standard InChI is InChI=1S/C8H9NO3/c1-5(10)6-2-7(8(11)12)4-9-3-6/h2,4,9H,3H2,1H3,(H,11,12). The van der Waals surface area contributed by atoms with Crippen molar-refractivity contribution in [3.05, 3.63) is 23.4 Å². The molecule has 1 heterocycles. The summed E-state index contributed by atoms with van der Waals surface area (Å²) in [4.78, 5) is 21.3. The number of hydrogen-bond donors (Lipinski definition) is 2. The van der Waals surface area contributed by atoms with Gasteiger partial charge in [0.15, 0.2) is 5.78 Å². The Morgan fingerprint density at radius 3 is 2.75 bits per heavy atom. The van der Waals surface area contributed by atoms with Crippen molar-refractivity contribution in [3.63, 3.8) is 0 Å². The van der Waals surface area contributed by atoms with E-state index in [4.69, 9.17) is 5.11 Å². The van der Waals surface area contributed by atoms with Crippen LogP contribution < -0.4 is 5.32 Å². The van der Waals surface area contributed by atoms with Gasteiger partial charge in [-0.3, -0.25) is 4.79 Å². The second kappa shape index (κ2) is 3.21. The quantitative estimate of drug-likeness (QED) is 0.611. The third kappa shape index (κ3) is 1.72. The Bertz CT molecular complexity index is 289. The lowest BCUT2D eigenvalue weighted by molar-refractivity contribution is -0.132. The van der Waals surface area contributed by atoms with Gasteiger partial charge in [-0.15, -0.1) is 0 Å². The van der Waals surface area contributed by atoms with Crippen molar-refractivity contribution in [2.24, 2.45) is 0 Å². The number of dihydropyridines is 1. The van der Waals surface area contributed by atoms with Crippen LogP contribution in [0.4, 0.5) is 0 Å². The molecule has 1 aliphatic rings. The Kier molecular flexibility index (Phi) is 2.28. The molecular formula is C8H9NO3. The number of nitrogens with one attached hydrogen (secondary N) is 1. The molecule has 0 saturated carbocycles. The van der Waals surface area contributed by atoms with Gasteiger partial charge in [0.25, 0.3) is 0 Å². The first kappa shape index (κ1) is 8.52. The van der Waals surface area contributed by atoms with E-state index in [1.807, 2.05) is 0 Å². The van der Waals surface area contributed by atoms with Crippen LogP contribution in [0.5, 0.6) is 0 Å². The van der Waals surface area contributed by atoms with Gasteiger partial charge in [0.1, 0.15) is 0 Å². The van der Waals surface area contributed by atoms with E-state index in [9.17, 15) is 9.59 Å². The summed E-state index contributed by atoms with van der Waals surface area (Å²) in [5.74, 6) is -1.13. The van der Waals surface area contributed by atoms with Gasteiger partial charge >= 0.3 is 5.97 Å². The molecule has 0 aromatic heterocycles. The van der Waals surface area contributed by atoms with E-state index in [0.717, 1.165) is 0 Å². The molecule has 0 atom stereocenters. The summed E-state index contributed by atoms with van der Waals surface area (Å²) < 4.78 is 0.